The third kappa shape index (κ3) is 1.54. The highest BCUT2D eigenvalue weighted by molar-refractivity contribution is 14.1. The molecule has 1 unspecified atom stereocenters. The van der Waals surface area contributed by atoms with Gasteiger partial charge >= 0.3 is 0 Å². The minimum Gasteiger partial charge on any atom is -0.0583 e. The lowest BCUT2D eigenvalue weighted by Gasteiger charge is -2.20. The first-order valence-corrected chi connectivity index (χ1v) is 6.79. The van der Waals surface area contributed by atoms with Crippen LogP contribution in [-0.4, -0.2) is 0 Å². The van der Waals surface area contributed by atoms with Crippen molar-refractivity contribution in [2.45, 2.75) is 38.5 Å². The maximum Gasteiger partial charge on any atom is 0.0213 e. The average Bonchev–Trinajstić information content (AvgIpc) is 2.30. The van der Waals surface area contributed by atoms with E-state index >= 15 is 0 Å². The Morgan fingerprint density at radius 1 is 1.43 bits per heavy atom. The molecule has 1 aromatic rings. The number of hydrogen-bond acceptors (Lipinski definition) is 0. The van der Waals surface area contributed by atoms with Crippen molar-refractivity contribution in [3.05, 3.63) is 31.3 Å². The lowest BCUT2D eigenvalue weighted by Crippen LogP contribution is -2.13. The van der Waals surface area contributed by atoms with E-state index < -0.39 is 0 Å². The van der Waals surface area contributed by atoms with E-state index in [0.717, 1.165) is 0 Å². The SMILES string of the molecule is CC1CC(C)(C)c2c(I)ccc(Br)c21. The first-order chi connectivity index (χ1) is 6.43. The van der Waals surface area contributed by atoms with E-state index in [1.807, 2.05) is 0 Å². The third-order valence-electron chi connectivity index (χ3n) is 3.13. The molecule has 0 amide bonds. The van der Waals surface area contributed by atoms with Crippen LogP contribution in [0.1, 0.15) is 44.2 Å². The molecule has 1 atom stereocenters. The minimum atomic E-state index is 0.342. The van der Waals surface area contributed by atoms with E-state index in [4.69, 9.17) is 0 Å². The molecule has 0 bridgehead atoms. The van der Waals surface area contributed by atoms with Crippen LogP contribution in [0.4, 0.5) is 0 Å². The van der Waals surface area contributed by atoms with Gasteiger partial charge in [-0.05, 0) is 63.6 Å². The summed E-state index contributed by atoms with van der Waals surface area (Å²) in [6.07, 6.45) is 1.26. The van der Waals surface area contributed by atoms with Crippen LogP contribution in [0.5, 0.6) is 0 Å². The maximum absolute atomic E-state index is 3.67. The Kier molecular flexibility index (Phi) is 2.71. The fraction of sp³-hybridized carbons (Fsp3) is 0.500. The summed E-state index contributed by atoms with van der Waals surface area (Å²) in [4.78, 5) is 0. The zero-order valence-corrected chi connectivity index (χ0v) is 12.4. The summed E-state index contributed by atoms with van der Waals surface area (Å²) in [6.45, 7) is 7.03. The summed E-state index contributed by atoms with van der Waals surface area (Å²) in [5, 5.41) is 0. The molecule has 1 aliphatic rings. The van der Waals surface area contributed by atoms with Gasteiger partial charge in [-0.15, -0.1) is 0 Å². The largest absolute Gasteiger partial charge is 0.0583 e. The zero-order chi connectivity index (χ0) is 10.5. The Morgan fingerprint density at radius 2 is 2.07 bits per heavy atom. The van der Waals surface area contributed by atoms with Crippen molar-refractivity contribution in [2.75, 3.05) is 0 Å². The van der Waals surface area contributed by atoms with Crippen LogP contribution in [-0.2, 0) is 5.41 Å². The van der Waals surface area contributed by atoms with Crippen LogP contribution in [0.25, 0.3) is 0 Å². The van der Waals surface area contributed by atoms with Crippen molar-refractivity contribution in [2.24, 2.45) is 0 Å². The number of rotatable bonds is 0. The molecule has 0 spiro atoms. The molecule has 0 fully saturated rings. The quantitative estimate of drug-likeness (QED) is 0.578. The Morgan fingerprint density at radius 3 is 2.64 bits per heavy atom. The van der Waals surface area contributed by atoms with Gasteiger partial charge in [-0.3, -0.25) is 0 Å². The van der Waals surface area contributed by atoms with Crippen LogP contribution >= 0.6 is 38.5 Å². The first-order valence-electron chi connectivity index (χ1n) is 4.92. The van der Waals surface area contributed by atoms with Gasteiger partial charge in [-0.2, -0.15) is 0 Å². The number of fused-ring (bicyclic) bond motifs is 1. The normalized spacial score (nSPS) is 23.6. The maximum atomic E-state index is 3.67. The standard InChI is InChI=1S/C12H14BrI/c1-7-6-12(2,3)11-9(14)5-4-8(13)10(7)11/h4-5,7H,6H2,1-3H3. The molecule has 2 rings (SSSR count). The van der Waals surface area contributed by atoms with Gasteiger partial charge < -0.3 is 0 Å². The molecule has 0 aromatic heterocycles. The van der Waals surface area contributed by atoms with Gasteiger partial charge in [0.25, 0.3) is 0 Å². The number of benzene rings is 1. The molecule has 0 aliphatic heterocycles. The van der Waals surface area contributed by atoms with Gasteiger partial charge in [0.05, 0.1) is 0 Å². The van der Waals surface area contributed by atoms with Gasteiger partial charge in [0, 0.05) is 8.04 Å². The van der Waals surface area contributed by atoms with Crippen LogP contribution in [0.3, 0.4) is 0 Å². The Hall–Kier alpha value is 0.430. The molecule has 0 radical (unpaired) electrons. The Balaban J connectivity index is 2.73. The second-order valence-electron chi connectivity index (χ2n) is 4.81. The lowest BCUT2D eigenvalue weighted by atomic mass is 9.86. The molecular formula is C12H14BrI. The summed E-state index contributed by atoms with van der Waals surface area (Å²) in [5.74, 6) is 0.684. The predicted octanol–water partition coefficient (Wildman–Crippen LogP) is 4.84. The molecule has 0 saturated carbocycles. The molecule has 76 valence electrons. The number of halogens is 2. The van der Waals surface area contributed by atoms with E-state index in [-0.39, 0.29) is 0 Å². The summed E-state index contributed by atoms with van der Waals surface area (Å²) in [7, 11) is 0. The second kappa shape index (κ2) is 3.48. The van der Waals surface area contributed by atoms with Crippen LogP contribution in [0.2, 0.25) is 0 Å². The molecular weight excluding hydrogens is 351 g/mol. The smallest absolute Gasteiger partial charge is 0.0213 e. The second-order valence-corrected chi connectivity index (χ2v) is 6.82. The summed E-state index contributed by atoms with van der Waals surface area (Å²) >= 11 is 6.13. The van der Waals surface area contributed by atoms with Crippen molar-refractivity contribution in [1.29, 1.82) is 0 Å². The Bertz CT molecular complexity index is 382. The topological polar surface area (TPSA) is 0 Å². The summed E-state index contributed by atoms with van der Waals surface area (Å²) < 4.78 is 2.70. The molecule has 1 aliphatic carbocycles. The molecule has 1 aromatic carbocycles. The average molecular weight is 365 g/mol. The molecule has 0 heterocycles. The van der Waals surface area contributed by atoms with E-state index in [1.165, 1.54) is 20.0 Å². The van der Waals surface area contributed by atoms with Crippen molar-refractivity contribution < 1.29 is 0 Å². The van der Waals surface area contributed by atoms with Crippen LogP contribution in [0, 0.1) is 3.57 Å². The monoisotopic (exact) mass is 364 g/mol. The molecule has 2 heteroatoms. The van der Waals surface area contributed by atoms with Crippen molar-refractivity contribution >= 4 is 38.5 Å². The minimum absolute atomic E-state index is 0.342. The third-order valence-corrected chi connectivity index (χ3v) is 4.72. The molecule has 0 nitrogen and oxygen atoms in total. The van der Waals surface area contributed by atoms with E-state index in [2.05, 4.69) is 71.4 Å². The van der Waals surface area contributed by atoms with E-state index in [9.17, 15) is 0 Å². The van der Waals surface area contributed by atoms with Crippen molar-refractivity contribution in [3.8, 4) is 0 Å². The van der Waals surface area contributed by atoms with Gasteiger partial charge in [-0.25, -0.2) is 0 Å². The summed E-state index contributed by atoms with van der Waals surface area (Å²) in [6, 6.07) is 4.39. The van der Waals surface area contributed by atoms with Gasteiger partial charge in [0.1, 0.15) is 0 Å². The molecule has 14 heavy (non-hydrogen) atoms. The fourth-order valence-corrected chi connectivity index (χ4v) is 4.63. The van der Waals surface area contributed by atoms with Gasteiger partial charge in [-0.1, -0.05) is 36.7 Å². The fourth-order valence-electron chi connectivity index (χ4n) is 2.71. The van der Waals surface area contributed by atoms with Gasteiger partial charge in [0.2, 0.25) is 0 Å². The lowest BCUT2D eigenvalue weighted by molar-refractivity contribution is 0.488. The highest BCUT2D eigenvalue weighted by Crippen LogP contribution is 2.49. The first kappa shape index (κ1) is 10.9. The zero-order valence-electron chi connectivity index (χ0n) is 8.70. The van der Waals surface area contributed by atoms with E-state index in [1.54, 1.807) is 5.56 Å². The summed E-state index contributed by atoms with van der Waals surface area (Å²) in [5.41, 5.74) is 3.43. The van der Waals surface area contributed by atoms with E-state index in [0.29, 0.717) is 11.3 Å². The predicted molar refractivity (Wildman–Crippen MR) is 72.9 cm³/mol. The van der Waals surface area contributed by atoms with Crippen LogP contribution in [0.15, 0.2) is 16.6 Å². The molecule has 0 N–H and O–H groups in total. The highest BCUT2D eigenvalue weighted by atomic mass is 127. The van der Waals surface area contributed by atoms with Crippen molar-refractivity contribution in [3.63, 3.8) is 0 Å². The Labute approximate surface area is 108 Å². The highest BCUT2D eigenvalue weighted by Gasteiger charge is 2.37. The van der Waals surface area contributed by atoms with Gasteiger partial charge in [0.15, 0.2) is 0 Å². The van der Waals surface area contributed by atoms with Crippen molar-refractivity contribution in [1.82, 2.24) is 0 Å². The molecule has 0 saturated heterocycles. The van der Waals surface area contributed by atoms with Crippen LogP contribution < -0.4 is 0 Å². The number of hydrogen-bond donors (Lipinski definition) is 0.